The van der Waals surface area contributed by atoms with E-state index in [1.807, 2.05) is 0 Å². The van der Waals surface area contributed by atoms with Crippen molar-refractivity contribution in [1.29, 1.82) is 0 Å². The zero-order chi connectivity index (χ0) is 24.2. The Morgan fingerprint density at radius 1 is 1.00 bits per heavy atom. The van der Waals surface area contributed by atoms with E-state index in [-0.39, 0.29) is 6.54 Å². The Balaban J connectivity index is 1.83. The van der Waals surface area contributed by atoms with Crippen LogP contribution in [0.3, 0.4) is 0 Å². The lowest BCUT2D eigenvalue weighted by atomic mass is 10.1. The number of esters is 1. The van der Waals surface area contributed by atoms with Gasteiger partial charge >= 0.3 is 5.97 Å². The quantitative estimate of drug-likeness (QED) is 0.490. The van der Waals surface area contributed by atoms with Crippen LogP contribution in [-0.4, -0.2) is 33.7 Å². The van der Waals surface area contributed by atoms with Crippen molar-refractivity contribution in [2.24, 2.45) is 0 Å². The monoisotopic (exact) mass is 486 g/mol. The highest BCUT2D eigenvalue weighted by Gasteiger charge is 2.20. The first kappa shape index (κ1) is 24.3. The third-order valence-electron chi connectivity index (χ3n) is 5.00. The summed E-state index contributed by atoms with van der Waals surface area (Å²) in [6.45, 7) is 1.86. The minimum absolute atomic E-state index is 0.0591. The number of hydrogen-bond acceptors (Lipinski definition) is 5. The summed E-state index contributed by atoms with van der Waals surface area (Å²) < 4.78 is 30.8. The fraction of sp³-hybridized carbons (Fsp3) is 0.167. The van der Waals surface area contributed by atoms with Crippen molar-refractivity contribution in [3.63, 3.8) is 0 Å². The van der Waals surface area contributed by atoms with Crippen LogP contribution in [-0.2, 0) is 21.3 Å². The molecule has 1 N–H and O–H groups in total. The van der Waals surface area contributed by atoms with Gasteiger partial charge in [-0.25, -0.2) is 13.2 Å². The molecule has 0 saturated carbocycles. The summed E-state index contributed by atoms with van der Waals surface area (Å²) in [7, 11) is -2.32. The number of carbonyl (C=O) groups excluding carboxylic acids is 2. The van der Waals surface area contributed by atoms with E-state index < -0.39 is 21.9 Å². The first-order valence-corrected chi connectivity index (χ1v) is 12.1. The van der Waals surface area contributed by atoms with Crippen LogP contribution in [0, 0.1) is 6.92 Å². The second-order valence-electron chi connectivity index (χ2n) is 7.38. The Morgan fingerprint density at radius 3 is 2.24 bits per heavy atom. The number of benzene rings is 3. The van der Waals surface area contributed by atoms with Gasteiger partial charge < -0.3 is 10.1 Å². The van der Waals surface area contributed by atoms with Crippen LogP contribution in [0.1, 0.15) is 31.8 Å². The molecule has 0 spiro atoms. The van der Waals surface area contributed by atoms with Crippen molar-refractivity contribution in [1.82, 2.24) is 0 Å². The van der Waals surface area contributed by atoms with Gasteiger partial charge in [0.05, 0.1) is 31.2 Å². The van der Waals surface area contributed by atoms with Gasteiger partial charge in [-0.3, -0.25) is 9.10 Å². The fourth-order valence-electron chi connectivity index (χ4n) is 3.16. The maximum atomic E-state index is 12.8. The van der Waals surface area contributed by atoms with Gasteiger partial charge in [0, 0.05) is 16.3 Å². The average Bonchev–Trinajstić information content (AvgIpc) is 2.78. The van der Waals surface area contributed by atoms with Crippen LogP contribution in [0.25, 0.3) is 0 Å². The van der Waals surface area contributed by atoms with Crippen molar-refractivity contribution in [3.8, 4) is 0 Å². The van der Waals surface area contributed by atoms with Gasteiger partial charge in [-0.2, -0.15) is 0 Å². The number of sulfonamides is 1. The minimum atomic E-state index is -3.61. The standard InChI is InChI=1S/C24H23ClN2O5S/c1-16-8-9-18(24(29)32-2)14-22(16)26-23(28)17-10-12-20(13-11-17)27(33(3,30)31)15-19-6-4-5-7-21(19)25/h4-14H,15H2,1-3H3,(H,26,28). The topological polar surface area (TPSA) is 92.8 Å². The zero-order valence-corrected chi connectivity index (χ0v) is 19.9. The summed E-state index contributed by atoms with van der Waals surface area (Å²) in [6, 6.07) is 18.1. The second kappa shape index (κ2) is 10.1. The van der Waals surface area contributed by atoms with Gasteiger partial charge in [-0.05, 0) is 60.5 Å². The van der Waals surface area contributed by atoms with Gasteiger partial charge in [0.25, 0.3) is 5.91 Å². The summed E-state index contributed by atoms with van der Waals surface area (Å²) >= 11 is 6.20. The molecule has 0 heterocycles. The average molecular weight is 487 g/mol. The number of ether oxygens (including phenoxy) is 1. The highest BCUT2D eigenvalue weighted by Crippen LogP contribution is 2.25. The minimum Gasteiger partial charge on any atom is -0.465 e. The van der Waals surface area contributed by atoms with E-state index in [1.54, 1.807) is 61.5 Å². The maximum Gasteiger partial charge on any atom is 0.337 e. The SMILES string of the molecule is COC(=O)c1ccc(C)c(NC(=O)c2ccc(N(Cc3ccccc3Cl)S(C)(=O)=O)cc2)c1. The number of rotatable bonds is 7. The lowest BCUT2D eigenvalue weighted by Gasteiger charge is -2.23. The smallest absolute Gasteiger partial charge is 0.337 e. The predicted octanol–water partition coefficient (Wildman–Crippen LogP) is 4.65. The molecule has 0 atom stereocenters. The van der Waals surface area contributed by atoms with Crippen LogP contribution >= 0.6 is 11.6 Å². The third kappa shape index (κ3) is 5.91. The van der Waals surface area contributed by atoms with Crippen LogP contribution in [0.15, 0.2) is 66.7 Å². The largest absolute Gasteiger partial charge is 0.465 e. The van der Waals surface area contributed by atoms with E-state index >= 15 is 0 Å². The van der Waals surface area contributed by atoms with Crippen LogP contribution in [0.2, 0.25) is 5.02 Å². The maximum absolute atomic E-state index is 12.8. The number of nitrogens with zero attached hydrogens (tertiary/aromatic N) is 1. The highest BCUT2D eigenvalue weighted by molar-refractivity contribution is 7.92. The van der Waals surface area contributed by atoms with Crippen LogP contribution in [0.5, 0.6) is 0 Å². The molecule has 0 fully saturated rings. The Bertz CT molecular complexity index is 1290. The molecular formula is C24H23ClN2O5S. The molecule has 172 valence electrons. The molecule has 3 aromatic rings. The van der Waals surface area contributed by atoms with Gasteiger partial charge in [0.15, 0.2) is 0 Å². The van der Waals surface area contributed by atoms with E-state index in [2.05, 4.69) is 5.32 Å². The Morgan fingerprint density at radius 2 is 1.64 bits per heavy atom. The number of nitrogens with one attached hydrogen (secondary N) is 1. The molecule has 0 aliphatic heterocycles. The first-order chi connectivity index (χ1) is 15.6. The normalized spacial score (nSPS) is 11.0. The van der Waals surface area contributed by atoms with Crippen LogP contribution in [0.4, 0.5) is 11.4 Å². The zero-order valence-electron chi connectivity index (χ0n) is 18.3. The molecule has 3 rings (SSSR count). The van der Waals surface area contributed by atoms with Crippen molar-refractivity contribution in [3.05, 3.63) is 94.0 Å². The molecule has 0 aliphatic carbocycles. The lowest BCUT2D eigenvalue weighted by molar-refractivity contribution is 0.0600. The molecule has 0 unspecified atom stereocenters. The van der Waals surface area contributed by atoms with Crippen molar-refractivity contribution in [2.45, 2.75) is 13.5 Å². The van der Waals surface area contributed by atoms with Crippen molar-refractivity contribution >= 4 is 44.9 Å². The molecule has 0 bridgehead atoms. The highest BCUT2D eigenvalue weighted by atomic mass is 35.5. The molecule has 0 aromatic heterocycles. The number of amides is 1. The third-order valence-corrected chi connectivity index (χ3v) is 6.51. The van der Waals surface area contributed by atoms with E-state index in [9.17, 15) is 18.0 Å². The lowest BCUT2D eigenvalue weighted by Crippen LogP contribution is -2.29. The predicted molar refractivity (Wildman–Crippen MR) is 129 cm³/mol. The summed E-state index contributed by atoms with van der Waals surface area (Å²) in [5, 5.41) is 3.24. The second-order valence-corrected chi connectivity index (χ2v) is 9.70. The van der Waals surface area contributed by atoms with Gasteiger partial charge in [-0.15, -0.1) is 0 Å². The van der Waals surface area contributed by atoms with Crippen molar-refractivity contribution < 1.29 is 22.7 Å². The van der Waals surface area contributed by atoms with Crippen LogP contribution < -0.4 is 9.62 Å². The van der Waals surface area contributed by atoms with E-state index in [1.165, 1.54) is 23.5 Å². The first-order valence-electron chi connectivity index (χ1n) is 9.91. The number of anilines is 2. The van der Waals surface area contributed by atoms with Gasteiger partial charge in [0.1, 0.15) is 0 Å². The van der Waals surface area contributed by atoms with E-state index in [0.717, 1.165) is 11.8 Å². The number of aryl methyl sites for hydroxylation is 1. The van der Waals surface area contributed by atoms with Gasteiger partial charge in [0.2, 0.25) is 10.0 Å². The van der Waals surface area contributed by atoms with Crippen molar-refractivity contribution in [2.75, 3.05) is 23.0 Å². The summed E-state index contributed by atoms with van der Waals surface area (Å²) in [5.74, 6) is -0.905. The molecule has 7 nitrogen and oxygen atoms in total. The number of hydrogen-bond donors (Lipinski definition) is 1. The number of halogens is 1. The summed E-state index contributed by atoms with van der Waals surface area (Å²) in [6.07, 6.45) is 1.11. The molecule has 9 heteroatoms. The number of carbonyl (C=O) groups is 2. The van der Waals surface area contributed by atoms with E-state index in [0.29, 0.717) is 33.1 Å². The molecule has 3 aromatic carbocycles. The summed E-state index contributed by atoms with van der Waals surface area (Å²) in [5.41, 5.74) is 2.95. The molecule has 0 saturated heterocycles. The molecular weight excluding hydrogens is 464 g/mol. The molecule has 1 amide bonds. The summed E-state index contributed by atoms with van der Waals surface area (Å²) in [4.78, 5) is 24.5. The fourth-order valence-corrected chi connectivity index (χ4v) is 4.23. The Kier molecular flexibility index (Phi) is 7.40. The number of methoxy groups -OCH3 is 1. The Labute approximate surface area is 198 Å². The molecule has 0 aliphatic rings. The molecule has 0 radical (unpaired) electrons. The molecule has 33 heavy (non-hydrogen) atoms. The van der Waals surface area contributed by atoms with E-state index in [4.69, 9.17) is 16.3 Å². The Hall–Kier alpha value is -3.36. The van der Waals surface area contributed by atoms with Gasteiger partial charge in [-0.1, -0.05) is 35.9 Å².